The molecule has 0 saturated carbocycles. The van der Waals surface area contributed by atoms with Crippen LogP contribution in [-0.2, 0) is 0 Å². The van der Waals surface area contributed by atoms with Crippen molar-refractivity contribution in [2.24, 2.45) is 0 Å². The number of aromatic amines is 1. The monoisotopic (exact) mass is 243 g/mol. The molecule has 3 aromatic rings. The minimum absolute atomic E-state index is 0.374. The first-order valence-electron chi connectivity index (χ1n) is 5.57. The first kappa shape index (κ1) is 10.7. The second kappa shape index (κ2) is 3.80. The number of hydrogen-bond acceptors (Lipinski definition) is 4. The molecule has 0 fully saturated rings. The summed E-state index contributed by atoms with van der Waals surface area (Å²) < 4.78 is 10.5. The van der Waals surface area contributed by atoms with Gasteiger partial charge in [-0.2, -0.15) is 0 Å². The maximum atomic E-state index is 5.57. The maximum absolute atomic E-state index is 5.57. The molecule has 2 aromatic heterocycles. The lowest BCUT2D eigenvalue weighted by Gasteiger charge is -2.03. The first-order valence-corrected chi connectivity index (χ1v) is 5.57. The number of rotatable bonds is 2. The van der Waals surface area contributed by atoms with E-state index >= 15 is 0 Å². The third kappa shape index (κ3) is 1.52. The summed E-state index contributed by atoms with van der Waals surface area (Å²) in [6.45, 7) is 2.03. The predicted octanol–water partition coefficient (Wildman–Crippen LogP) is 2.72. The van der Waals surface area contributed by atoms with E-state index in [9.17, 15) is 0 Å². The number of methoxy groups -OCH3 is 1. The van der Waals surface area contributed by atoms with Crippen molar-refractivity contribution in [2.45, 2.75) is 6.92 Å². The highest BCUT2D eigenvalue weighted by molar-refractivity contribution is 5.97. The van der Waals surface area contributed by atoms with Gasteiger partial charge in [0.2, 0.25) is 0 Å². The first-order chi connectivity index (χ1) is 8.69. The Hall–Kier alpha value is -2.43. The molecule has 3 rings (SSSR count). The summed E-state index contributed by atoms with van der Waals surface area (Å²) in [6, 6.07) is 5.65. The van der Waals surface area contributed by atoms with E-state index in [0.717, 1.165) is 27.8 Å². The summed E-state index contributed by atoms with van der Waals surface area (Å²) in [5, 5.41) is 4.73. The molecule has 2 heterocycles. The van der Waals surface area contributed by atoms with Gasteiger partial charge in [0.1, 0.15) is 5.75 Å². The molecule has 18 heavy (non-hydrogen) atoms. The molecule has 0 unspecified atom stereocenters. The summed E-state index contributed by atoms with van der Waals surface area (Å²) in [4.78, 5) is 3.23. The molecule has 1 aromatic carbocycles. The van der Waals surface area contributed by atoms with Gasteiger partial charge in [-0.15, -0.1) is 0 Å². The number of aryl methyl sites for hydroxylation is 1. The predicted molar refractivity (Wildman–Crippen MR) is 69.5 cm³/mol. The number of H-pyrrole nitrogens is 1. The number of benzene rings is 1. The molecule has 0 saturated heterocycles. The van der Waals surface area contributed by atoms with Gasteiger partial charge >= 0.3 is 0 Å². The highest BCUT2D eigenvalue weighted by atomic mass is 16.5. The van der Waals surface area contributed by atoms with Gasteiger partial charge in [-0.3, -0.25) is 0 Å². The summed E-state index contributed by atoms with van der Waals surface area (Å²) in [5.41, 5.74) is 8.67. The van der Waals surface area contributed by atoms with Gasteiger partial charge in [-0.05, 0) is 24.6 Å². The number of nitrogens with one attached hydrogen (secondary N) is 1. The number of aromatic nitrogens is 2. The van der Waals surface area contributed by atoms with E-state index in [1.165, 1.54) is 0 Å². The normalized spacial score (nSPS) is 11.0. The van der Waals surface area contributed by atoms with Crippen LogP contribution in [-0.4, -0.2) is 17.3 Å². The summed E-state index contributed by atoms with van der Waals surface area (Å²) in [5.74, 6) is 1.83. The zero-order valence-electron chi connectivity index (χ0n) is 10.2. The van der Waals surface area contributed by atoms with Crippen molar-refractivity contribution < 1.29 is 9.26 Å². The molecule has 0 amide bonds. The van der Waals surface area contributed by atoms with Gasteiger partial charge in [0.05, 0.1) is 7.11 Å². The Morgan fingerprint density at radius 2 is 2.17 bits per heavy atom. The average molecular weight is 243 g/mol. The number of nitrogen functional groups attached to an aromatic ring is 1. The average Bonchev–Trinajstić information content (AvgIpc) is 2.95. The van der Waals surface area contributed by atoms with Crippen LogP contribution in [0, 0.1) is 6.92 Å². The summed E-state index contributed by atoms with van der Waals surface area (Å²) >= 11 is 0. The topological polar surface area (TPSA) is 77.1 Å². The molecular formula is C13H13N3O2. The fourth-order valence-corrected chi connectivity index (χ4v) is 2.12. The number of hydrogen-bond donors (Lipinski definition) is 2. The van der Waals surface area contributed by atoms with Crippen molar-refractivity contribution in [3.05, 3.63) is 30.0 Å². The minimum atomic E-state index is 0.374. The van der Waals surface area contributed by atoms with Crippen LogP contribution in [0.2, 0.25) is 0 Å². The molecule has 3 N–H and O–H groups in total. The van der Waals surface area contributed by atoms with E-state index in [4.69, 9.17) is 15.0 Å². The van der Waals surface area contributed by atoms with E-state index < -0.39 is 0 Å². The van der Waals surface area contributed by atoms with Crippen LogP contribution in [0.5, 0.6) is 5.75 Å². The zero-order valence-corrected chi connectivity index (χ0v) is 10.2. The molecule has 0 atom stereocenters. The van der Waals surface area contributed by atoms with Gasteiger partial charge < -0.3 is 20.0 Å². The van der Waals surface area contributed by atoms with Crippen LogP contribution in [0.3, 0.4) is 0 Å². The van der Waals surface area contributed by atoms with Crippen LogP contribution in [0.4, 0.5) is 5.82 Å². The Bertz CT molecular complexity index is 712. The van der Waals surface area contributed by atoms with Gasteiger partial charge in [0, 0.05) is 28.7 Å². The molecule has 0 radical (unpaired) electrons. The molecular weight excluding hydrogens is 230 g/mol. The van der Waals surface area contributed by atoms with E-state index in [2.05, 4.69) is 10.1 Å². The third-order valence-corrected chi connectivity index (χ3v) is 2.99. The van der Waals surface area contributed by atoms with Gasteiger partial charge in [0.15, 0.2) is 11.6 Å². The lowest BCUT2D eigenvalue weighted by molar-refractivity contribution is 0.415. The molecule has 5 nitrogen and oxygen atoms in total. The zero-order chi connectivity index (χ0) is 12.7. The van der Waals surface area contributed by atoms with Gasteiger partial charge in [-0.1, -0.05) is 5.16 Å². The molecule has 0 spiro atoms. The largest absolute Gasteiger partial charge is 0.497 e. The van der Waals surface area contributed by atoms with Crippen molar-refractivity contribution in [3.8, 4) is 17.1 Å². The second-order valence-corrected chi connectivity index (χ2v) is 4.19. The van der Waals surface area contributed by atoms with Crippen LogP contribution < -0.4 is 10.5 Å². The lowest BCUT2D eigenvalue weighted by atomic mass is 10.1. The Morgan fingerprint density at radius 1 is 1.33 bits per heavy atom. The highest BCUT2D eigenvalue weighted by Gasteiger charge is 2.13. The van der Waals surface area contributed by atoms with Crippen molar-refractivity contribution in [3.63, 3.8) is 0 Å². The standard InChI is InChI=1S/C13H13N3O2/c1-7-3-8(17-2)4-9-10(6-15-13(7)9)11-5-12(14)16-18-11/h3-6,15H,1-2H3,(H2,14,16). The van der Waals surface area contributed by atoms with Crippen LogP contribution >= 0.6 is 0 Å². The maximum Gasteiger partial charge on any atom is 0.171 e. The number of anilines is 1. The van der Waals surface area contributed by atoms with Crippen molar-refractivity contribution in [1.29, 1.82) is 0 Å². The number of nitrogens with zero attached hydrogens (tertiary/aromatic N) is 1. The van der Waals surface area contributed by atoms with Crippen LogP contribution in [0.25, 0.3) is 22.2 Å². The SMILES string of the molecule is COc1cc(C)c2[nH]cc(-c3cc(N)no3)c2c1. The van der Waals surface area contributed by atoms with Gasteiger partial charge in [-0.25, -0.2) is 0 Å². The smallest absolute Gasteiger partial charge is 0.171 e. The fraction of sp³-hybridized carbons (Fsp3) is 0.154. The molecule has 0 aliphatic carbocycles. The Morgan fingerprint density at radius 3 is 2.83 bits per heavy atom. The Labute approximate surface area is 104 Å². The van der Waals surface area contributed by atoms with Gasteiger partial charge in [0.25, 0.3) is 0 Å². The van der Waals surface area contributed by atoms with Crippen molar-refractivity contribution >= 4 is 16.7 Å². The Kier molecular flexibility index (Phi) is 2.26. The molecule has 92 valence electrons. The van der Waals surface area contributed by atoms with Crippen LogP contribution in [0.1, 0.15) is 5.56 Å². The fourth-order valence-electron chi connectivity index (χ4n) is 2.12. The Balaban J connectivity index is 2.27. The molecule has 5 heteroatoms. The van der Waals surface area contributed by atoms with E-state index in [0.29, 0.717) is 11.6 Å². The second-order valence-electron chi connectivity index (χ2n) is 4.19. The number of ether oxygens (including phenoxy) is 1. The summed E-state index contributed by atoms with van der Waals surface area (Å²) in [6.07, 6.45) is 1.89. The number of nitrogens with two attached hydrogens (primary N) is 1. The lowest BCUT2D eigenvalue weighted by Crippen LogP contribution is -1.85. The summed E-state index contributed by atoms with van der Waals surface area (Å²) in [7, 11) is 1.65. The van der Waals surface area contributed by atoms with E-state index in [-0.39, 0.29) is 0 Å². The highest BCUT2D eigenvalue weighted by Crippen LogP contribution is 2.33. The molecule has 0 aliphatic rings. The van der Waals surface area contributed by atoms with Crippen LogP contribution in [0.15, 0.2) is 28.9 Å². The van der Waals surface area contributed by atoms with E-state index in [1.54, 1.807) is 13.2 Å². The quantitative estimate of drug-likeness (QED) is 0.725. The van der Waals surface area contributed by atoms with E-state index in [1.807, 2.05) is 25.3 Å². The molecule has 0 aliphatic heterocycles. The van der Waals surface area contributed by atoms with Crippen molar-refractivity contribution in [1.82, 2.24) is 10.1 Å². The number of fused-ring (bicyclic) bond motifs is 1. The minimum Gasteiger partial charge on any atom is -0.497 e. The molecule has 0 bridgehead atoms. The van der Waals surface area contributed by atoms with Crippen molar-refractivity contribution in [2.75, 3.05) is 12.8 Å². The third-order valence-electron chi connectivity index (χ3n) is 2.99.